The number of ether oxygens (including phenoxy) is 1. The van der Waals surface area contributed by atoms with Crippen molar-refractivity contribution in [2.45, 2.75) is 33.0 Å². The molecule has 0 atom stereocenters. The molecule has 4 nitrogen and oxygen atoms in total. The SMILES string of the molecule is CC(C)(C)OC(=O)N(CC#Cc1ccccc1)OCc1ccccc1. The van der Waals surface area contributed by atoms with E-state index in [1.807, 2.05) is 81.4 Å². The van der Waals surface area contributed by atoms with Crippen LogP contribution in [0.4, 0.5) is 4.79 Å². The molecule has 130 valence electrons. The summed E-state index contributed by atoms with van der Waals surface area (Å²) >= 11 is 0. The van der Waals surface area contributed by atoms with E-state index in [4.69, 9.17) is 9.57 Å². The predicted octanol–water partition coefficient (Wildman–Crippen LogP) is 4.41. The summed E-state index contributed by atoms with van der Waals surface area (Å²) in [6.07, 6.45) is -0.550. The maximum absolute atomic E-state index is 12.3. The minimum absolute atomic E-state index is 0.122. The minimum atomic E-state index is -0.599. The Kier molecular flexibility index (Phi) is 6.62. The van der Waals surface area contributed by atoms with Gasteiger partial charge in [0.2, 0.25) is 0 Å². The molecule has 0 aliphatic carbocycles. The van der Waals surface area contributed by atoms with Crippen LogP contribution in [-0.2, 0) is 16.2 Å². The fourth-order valence-electron chi connectivity index (χ4n) is 1.94. The quantitative estimate of drug-likeness (QED) is 0.613. The number of rotatable bonds is 4. The topological polar surface area (TPSA) is 38.8 Å². The second-order valence-corrected chi connectivity index (χ2v) is 6.44. The molecule has 0 aliphatic heterocycles. The third-order valence-electron chi connectivity index (χ3n) is 3.06. The van der Waals surface area contributed by atoms with E-state index in [2.05, 4.69) is 11.8 Å². The van der Waals surface area contributed by atoms with Gasteiger partial charge in [-0.15, -0.1) is 0 Å². The van der Waals surface area contributed by atoms with Crippen molar-refractivity contribution in [1.29, 1.82) is 0 Å². The van der Waals surface area contributed by atoms with Crippen LogP contribution in [0.2, 0.25) is 0 Å². The summed E-state index contributed by atoms with van der Waals surface area (Å²) in [6.45, 7) is 5.84. The first kappa shape index (κ1) is 18.6. The van der Waals surface area contributed by atoms with Crippen molar-refractivity contribution < 1.29 is 14.4 Å². The number of hydroxylamine groups is 2. The smallest absolute Gasteiger partial charge is 0.435 e. The van der Waals surface area contributed by atoms with Crippen LogP contribution < -0.4 is 0 Å². The number of carbonyl (C=O) groups excluding carboxylic acids is 1. The summed E-state index contributed by atoms with van der Waals surface area (Å²) < 4.78 is 5.39. The normalized spacial score (nSPS) is 10.5. The third kappa shape index (κ3) is 7.11. The fourth-order valence-corrected chi connectivity index (χ4v) is 1.94. The van der Waals surface area contributed by atoms with Crippen LogP contribution in [0, 0.1) is 11.8 Å². The Morgan fingerprint density at radius 1 is 1.00 bits per heavy atom. The van der Waals surface area contributed by atoms with Crippen molar-refractivity contribution >= 4 is 6.09 Å². The summed E-state index contributed by atoms with van der Waals surface area (Å²) in [6, 6.07) is 19.2. The molecule has 2 aromatic rings. The van der Waals surface area contributed by atoms with E-state index >= 15 is 0 Å². The van der Waals surface area contributed by atoms with E-state index in [9.17, 15) is 4.79 Å². The van der Waals surface area contributed by atoms with Gasteiger partial charge in [0.25, 0.3) is 0 Å². The van der Waals surface area contributed by atoms with Crippen molar-refractivity contribution in [2.75, 3.05) is 6.54 Å². The van der Waals surface area contributed by atoms with Crippen LogP contribution in [0.5, 0.6) is 0 Å². The molecular formula is C21H23NO3. The predicted molar refractivity (Wildman–Crippen MR) is 97.5 cm³/mol. The highest BCUT2D eigenvalue weighted by atomic mass is 16.7. The maximum atomic E-state index is 12.3. The number of amides is 1. The second-order valence-electron chi connectivity index (χ2n) is 6.44. The summed E-state index contributed by atoms with van der Waals surface area (Å²) in [7, 11) is 0. The van der Waals surface area contributed by atoms with Crippen LogP contribution in [0.1, 0.15) is 31.9 Å². The average molecular weight is 337 g/mol. The Labute approximate surface area is 149 Å². The van der Waals surface area contributed by atoms with Gasteiger partial charge in [0.05, 0.1) is 0 Å². The van der Waals surface area contributed by atoms with E-state index < -0.39 is 11.7 Å². The zero-order valence-electron chi connectivity index (χ0n) is 14.9. The molecule has 0 saturated carbocycles. The minimum Gasteiger partial charge on any atom is -0.442 e. The first-order chi connectivity index (χ1) is 11.9. The molecule has 4 heteroatoms. The zero-order valence-corrected chi connectivity index (χ0v) is 14.9. The average Bonchev–Trinajstić information content (AvgIpc) is 2.58. The molecule has 2 rings (SSSR count). The van der Waals surface area contributed by atoms with Gasteiger partial charge in [-0.05, 0) is 38.5 Å². The molecule has 25 heavy (non-hydrogen) atoms. The van der Waals surface area contributed by atoms with Crippen molar-refractivity contribution in [2.24, 2.45) is 0 Å². The van der Waals surface area contributed by atoms with Crippen LogP contribution in [0.3, 0.4) is 0 Å². The lowest BCUT2D eigenvalue weighted by Crippen LogP contribution is -2.37. The van der Waals surface area contributed by atoms with E-state index in [0.29, 0.717) is 0 Å². The lowest BCUT2D eigenvalue weighted by molar-refractivity contribution is -0.148. The summed E-state index contributed by atoms with van der Waals surface area (Å²) in [4.78, 5) is 18.0. The van der Waals surface area contributed by atoms with Gasteiger partial charge in [-0.25, -0.2) is 4.79 Å². The van der Waals surface area contributed by atoms with Crippen molar-refractivity contribution in [3.8, 4) is 11.8 Å². The Bertz CT molecular complexity index is 724. The molecule has 0 bridgehead atoms. The van der Waals surface area contributed by atoms with Crippen molar-refractivity contribution in [3.63, 3.8) is 0 Å². The second kappa shape index (κ2) is 8.91. The lowest BCUT2D eigenvalue weighted by Gasteiger charge is -2.25. The van der Waals surface area contributed by atoms with E-state index in [1.165, 1.54) is 0 Å². The van der Waals surface area contributed by atoms with Crippen molar-refractivity contribution in [3.05, 3.63) is 71.8 Å². The maximum Gasteiger partial charge on any atom is 0.435 e. The Morgan fingerprint density at radius 3 is 2.20 bits per heavy atom. The molecule has 0 saturated heterocycles. The summed E-state index contributed by atoms with van der Waals surface area (Å²) in [5.74, 6) is 5.97. The molecule has 0 unspecified atom stereocenters. The standard InChI is InChI=1S/C21H23NO3/c1-21(2,3)25-20(23)22(24-17-19-13-8-5-9-14-19)16-10-15-18-11-6-4-7-12-18/h4-9,11-14H,16-17H2,1-3H3. The van der Waals surface area contributed by atoms with E-state index in [0.717, 1.165) is 16.2 Å². The van der Waals surface area contributed by atoms with Gasteiger partial charge in [-0.1, -0.05) is 60.4 Å². The van der Waals surface area contributed by atoms with Gasteiger partial charge in [-0.2, -0.15) is 5.06 Å². The van der Waals surface area contributed by atoms with Gasteiger partial charge < -0.3 is 4.74 Å². The molecule has 2 aromatic carbocycles. The first-order valence-electron chi connectivity index (χ1n) is 8.15. The molecule has 0 heterocycles. The molecule has 0 spiro atoms. The fraction of sp³-hybridized carbons (Fsp3) is 0.286. The molecule has 0 fully saturated rings. The van der Waals surface area contributed by atoms with Crippen LogP contribution in [-0.4, -0.2) is 23.3 Å². The number of nitrogens with zero attached hydrogens (tertiary/aromatic N) is 1. The van der Waals surface area contributed by atoms with Gasteiger partial charge >= 0.3 is 6.09 Å². The number of hydrogen-bond donors (Lipinski definition) is 0. The van der Waals surface area contributed by atoms with Crippen LogP contribution >= 0.6 is 0 Å². The van der Waals surface area contributed by atoms with Crippen molar-refractivity contribution in [1.82, 2.24) is 5.06 Å². The molecule has 0 radical (unpaired) electrons. The molecular weight excluding hydrogens is 314 g/mol. The zero-order chi connectivity index (χ0) is 18.1. The number of benzene rings is 2. The monoisotopic (exact) mass is 337 g/mol. The molecule has 1 amide bonds. The Balaban J connectivity index is 2.03. The third-order valence-corrected chi connectivity index (χ3v) is 3.06. The first-order valence-corrected chi connectivity index (χ1v) is 8.15. The van der Waals surface area contributed by atoms with E-state index in [-0.39, 0.29) is 13.2 Å². The molecule has 0 N–H and O–H groups in total. The van der Waals surface area contributed by atoms with Gasteiger partial charge in [0.15, 0.2) is 0 Å². The summed E-state index contributed by atoms with van der Waals surface area (Å²) in [5, 5.41) is 1.16. The van der Waals surface area contributed by atoms with Crippen LogP contribution in [0.15, 0.2) is 60.7 Å². The number of hydrogen-bond acceptors (Lipinski definition) is 3. The Hall–Kier alpha value is -2.77. The van der Waals surface area contributed by atoms with Gasteiger partial charge in [0, 0.05) is 5.56 Å². The number of carbonyl (C=O) groups is 1. The summed E-state index contributed by atoms with van der Waals surface area (Å²) in [5.41, 5.74) is 1.25. The molecule has 0 aromatic heterocycles. The highest BCUT2D eigenvalue weighted by Crippen LogP contribution is 2.11. The highest BCUT2D eigenvalue weighted by Gasteiger charge is 2.22. The molecule has 0 aliphatic rings. The Morgan fingerprint density at radius 2 is 1.60 bits per heavy atom. The van der Waals surface area contributed by atoms with Crippen LogP contribution in [0.25, 0.3) is 0 Å². The van der Waals surface area contributed by atoms with Gasteiger partial charge in [0.1, 0.15) is 18.8 Å². The highest BCUT2D eigenvalue weighted by molar-refractivity contribution is 5.67. The van der Waals surface area contributed by atoms with E-state index in [1.54, 1.807) is 0 Å². The lowest BCUT2D eigenvalue weighted by atomic mass is 10.2. The van der Waals surface area contributed by atoms with Gasteiger partial charge in [-0.3, -0.25) is 4.84 Å². The largest absolute Gasteiger partial charge is 0.442 e.